The zero-order valence-corrected chi connectivity index (χ0v) is 12.0. The fourth-order valence-electron chi connectivity index (χ4n) is 2.75. The van der Waals surface area contributed by atoms with Gasteiger partial charge in [-0.25, -0.2) is 0 Å². The molecule has 0 bridgehead atoms. The first kappa shape index (κ1) is 11.9. The number of hydrogen-bond acceptors (Lipinski definition) is 4. The number of aliphatic imine (C=N–C) groups is 1. The molecule has 0 atom stereocenters. The first-order valence-corrected chi connectivity index (χ1v) is 7.44. The Hall–Kier alpha value is -1.94. The fraction of sp³-hybridized carbons (Fsp3) is 0.188. The Kier molecular flexibility index (Phi) is 2.54. The first-order chi connectivity index (χ1) is 9.78. The minimum atomic E-state index is 0.873. The summed E-state index contributed by atoms with van der Waals surface area (Å²) in [6, 6.07) is 6.40. The molecule has 0 aliphatic carbocycles. The Balaban J connectivity index is 1.88. The van der Waals surface area contributed by atoms with E-state index in [0.717, 1.165) is 23.8 Å². The third kappa shape index (κ3) is 1.58. The van der Waals surface area contributed by atoms with Crippen molar-refractivity contribution in [1.29, 1.82) is 0 Å². The molecule has 100 valence electrons. The summed E-state index contributed by atoms with van der Waals surface area (Å²) in [4.78, 5) is 7.98. The zero-order chi connectivity index (χ0) is 13.7. The Morgan fingerprint density at radius 1 is 1.45 bits per heavy atom. The quantitative estimate of drug-likeness (QED) is 0.833. The lowest BCUT2D eigenvalue weighted by Gasteiger charge is -2.17. The molecule has 0 spiro atoms. The molecule has 0 saturated carbocycles. The highest BCUT2D eigenvalue weighted by Gasteiger charge is 2.31. The van der Waals surface area contributed by atoms with E-state index in [-0.39, 0.29) is 0 Å². The average Bonchev–Trinajstić information content (AvgIpc) is 3.12. The Bertz CT molecular complexity index is 785. The summed E-state index contributed by atoms with van der Waals surface area (Å²) in [5.74, 6) is 0. The molecule has 0 unspecified atom stereocenters. The molecule has 1 aromatic carbocycles. The van der Waals surface area contributed by atoms with Crippen LogP contribution in [0.4, 0.5) is 0 Å². The number of aryl methyl sites for hydroxylation is 1. The van der Waals surface area contributed by atoms with Gasteiger partial charge >= 0.3 is 0 Å². The van der Waals surface area contributed by atoms with Gasteiger partial charge in [0.05, 0.1) is 18.5 Å². The van der Waals surface area contributed by atoms with Crippen LogP contribution >= 0.6 is 11.8 Å². The van der Waals surface area contributed by atoms with E-state index in [1.807, 2.05) is 12.3 Å². The largest absolute Gasteiger partial charge is 0.464 e. The molecule has 2 aromatic rings. The van der Waals surface area contributed by atoms with Crippen molar-refractivity contribution in [3.8, 4) is 0 Å². The molecule has 0 radical (unpaired) electrons. The van der Waals surface area contributed by atoms with Gasteiger partial charge in [-0.2, -0.15) is 0 Å². The fourth-order valence-corrected chi connectivity index (χ4v) is 3.80. The third-order valence-corrected chi connectivity index (χ3v) is 4.85. The van der Waals surface area contributed by atoms with Crippen LogP contribution in [0.3, 0.4) is 0 Å². The average molecular weight is 282 g/mol. The molecule has 4 rings (SSSR count). The van der Waals surface area contributed by atoms with Crippen LogP contribution in [0.2, 0.25) is 0 Å². The Morgan fingerprint density at radius 2 is 2.35 bits per heavy atom. The van der Waals surface area contributed by atoms with E-state index in [0.29, 0.717) is 0 Å². The van der Waals surface area contributed by atoms with E-state index in [2.05, 4.69) is 41.6 Å². The van der Waals surface area contributed by atoms with Crippen LogP contribution in [0, 0.1) is 6.92 Å². The second kappa shape index (κ2) is 4.28. The topological polar surface area (TPSA) is 28.7 Å². The first-order valence-electron chi connectivity index (χ1n) is 6.62. The van der Waals surface area contributed by atoms with Crippen molar-refractivity contribution in [2.24, 2.45) is 4.99 Å². The highest BCUT2D eigenvalue weighted by Crippen LogP contribution is 2.42. The van der Waals surface area contributed by atoms with Crippen LogP contribution in [0.25, 0.3) is 16.7 Å². The van der Waals surface area contributed by atoms with Gasteiger partial charge in [-0.05, 0) is 30.3 Å². The number of nitrogens with zero attached hydrogens (tertiary/aromatic N) is 2. The summed E-state index contributed by atoms with van der Waals surface area (Å²) in [7, 11) is 0. The van der Waals surface area contributed by atoms with Crippen LogP contribution < -0.4 is 0 Å². The van der Waals surface area contributed by atoms with E-state index >= 15 is 0 Å². The summed E-state index contributed by atoms with van der Waals surface area (Å²) >= 11 is 1.70. The van der Waals surface area contributed by atoms with Crippen molar-refractivity contribution in [2.45, 2.75) is 6.92 Å². The van der Waals surface area contributed by atoms with E-state index in [1.54, 1.807) is 11.8 Å². The van der Waals surface area contributed by atoms with Gasteiger partial charge in [-0.15, -0.1) is 0 Å². The Labute approximate surface area is 121 Å². The molecule has 4 heteroatoms. The highest BCUT2D eigenvalue weighted by atomic mass is 32.2. The molecule has 0 N–H and O–H groups in total. The predicted octanol–water partition coefficient (Wildman–Crippen LogP) is 4.01. The van der Waals surface area contributed by atoms with E-state index in [1.165, 1.54) is 27.1 Å². The molecular weight excluding hydrogens is 268 g/mol. The number of hydrogen-bond donors (Lipinski definition) is 0. The predicted molar refractivity (Wildman–Crippen MR) is 84.7 cm³/mol. The number of furan rings is 1. The monoisotopic (exact) mass is 282 g/mol. The zero-order valence-electron chi connectivity index (χ0n) is 11.2. The van der Waals surface area contributed by atoms with Crippen LogP contribution in [0.1, 0.15) is 11.1 Å². The van der Waals surface area contributed by atoms with Gasteiger partial charge < -0.3 is 9.32 Å². The van der Waals surface area contributed by atoms with E-state index < -0.39 is 0 Å². The minimum absolute atomic E-state index is 0.873. The second-order valence-corrected chi connectivity index (χ2v) is 5.97. The smallest absolute Gasteiger partial charge is 0.168 e. The van der Waals surface area contributed by atoms with Crippen LogP contribution in [0.15, 0.2) is 51.4 Å². The van der Waals surface area contributed by atoms with Gasteiger partial charge in [0, 0.05) is 22.4 Å². The number of benzene rings is 1. The lowest BCUT2D eigenvalue weighted by atomic mass is 10.1. The van der Waals surface area contributed by atoms with Gasteiger partial charge in [-0.3, -0.25) is 4.99 Å². The SMILES string of the molecule is C=CC1=C(c2ccc3c(C)coc3c2)N2CCN=C2S1. The van der Waals surface area contributed by atoms with Crippen LogP contribution in [-0.2, 0) is 0 Å². The number of amidine groups is 1. The standard InChI is InChI=1S/C16H14N2OS/c1-3-14-15(18-7-6-17-16(18)20-14)11-4-5-12-10(2)9-19-13(12)8-11/h3-5,8-9H,1,6-7H2,2H3. The second-order valence-electron chi connectivity index (χ2n) is 4.96. The van der Waals surface area contributed by atoms with Gasteiger partial charge in [0.15, 0.2) is 5.17 Å². The van der Waals surface area contributed by atoms with Gasteiger partial charge in [-0.1, -0.05) is 24.8 Å². The van der Waals surface area contributed by atoms with Crippen molar-refractivity contribution < 1.29 is 4.42 Å². The molecule has 2 aliphatic heterocycles. The minimum Gasteiger partial charge on any atom is -0.464 e. The van der Waals surface area contributed by atoms with E-state index in [4.69, 9.17) is 4.42 Å². The number of fused-ring (bicyclic) bond motifs is 2. The summed E-state index contributed by atoms with van der Waals surface area (Å²) < 4.78 is 5.63. The molecule has 0 saturated heterocycles. The molecule has 1 aromatic heterocycles. The Morgan fingerprint density at radius 3 is 3.20 bits per heavy atom. The van der Waals surface area contributed by atoms with Crippen LogP contribution in [0.5, 0.6) is 0 Å². The van der Waals surface area contributed by atoms with Gasteiger partial charge in [0.1, 0.15) is 5.58 Å². The summed E-state index contributed by atoms with van der Waals surface area (Å²) in [5, 5.41) is 2.26. The maximum Gasteiger partial charge on any atom is 0.168 e. The molecule has 20 heavy (non-hydrogen) atoms. The summed E-state index contributed by atoms with van der Waals surface area (Å²) in [6.45, 7) is 7.82. The summed E-state index contributed by atoms with van der Waals surface area (Å²) in [5.41, 5.74) is 4.48. The highest BCUT2D eigenvalue weighted by molar-refractivity contribution is 8.17. The van der Waals surface area contributed by atoms with Crippen molar-refractivity contribution in [3.05, 3.63) is 53.1 Å². The number of allylic oxidation sites excluding steroid dienone is 1. The lowest BCUT2D eigenvalue weighted by molar-refractivity contribution is 0.612. The van der Waals surface area contributed by atoms with Crippen molar-refractivity contribution >= 4 is 33.6 Å². The number of rotatable bonds is 2. The molecule has 0 amide bonds. The van der Waals surface area contributed by atoms with Crippen molar-refractivity contribution in [1.82, 2.24) is 4.90 Å². The van der Waals surface area contributed by atoms with Gasteiger partial charge in [0.2, 0.25) is 0 Å². The summed E-state index contributed by atoms with van der Waals surface area (Å²) in [6.07, 6.45) is 3.72. The number of thioether (sulfide) groups is 1. The molecule has 3 nitrogen and oxygen atoms in total. The normalized spacial score (nSPS) is 17.9. The third-order valence-electron chi connectivity index (χ3n) is 3.73. The van der Waals surface area contributed by atoms with Crippen LogP contribution in [-0.4, -0.2) is 23.2 Å². The maximum atomic E-state index is 5.63. The lowest BCUT2D eigenvalue weighted by Crippen LogP contribution is -2.19. The maximum absolute atomic E-state index is 5.63. The van der Waals surface area contributed by atoms with E-state index in [9.17, 15) is 0 Å². The molecule has 2 aliphatic rings. The molecule has 0 fully saturated rings. The van der Waals surface area contributed by atoms with Crippen molar-refractivity contribution in [3.63, 3.8) is 0 Å². The molecular formula is C16H14N2OS. The molecule has 3 heterocycles. The van der Waals surface area contributed by atoms with Crippen molar-refractivity contribution in [2.75, 3.05) is 13.1 Å². The van der Waals surface area contributed by atoms with Gasteiger partial charge in [0.25, 0.3) is 0 Å².